The number of allylic oxidation sites excluding steroid dienone is 1. The smallest absolute Gasteiger partial charge is 0.336 e. The van der Waals surface area contributed by atoms with Crippen LogP contribution in [0.3, 0.4) is 0 Å². The van der Waals surface area contributed by atoms with Crippen LogP contribution in [0.2, 0.25) is 10.0 Å². The molecule has 3 N–H and O–H groups in total. The fourth-order valence-electron chi connectivity index (χ4n) is 3.05. The molecule has 0 unspecified atom stereocenters. The van der Waals surface area contributed by atoms with Crippen LogP contribution in [0.15, 0.2) is 66.7 Å². The molecular formula is C23H19Cl2NO3. The van der Waals surface area contributed by atoms with Crippen LogP contribution in [0.1, 0.15) is 24.5 Å². The lowest BCUT2D eigenvalue weighted by atomic mass is 9.93. The number of nitrogen functional groups attached to an aromatic ring is 1. The molecule has 3 aromatic carbocycles. The van der Waals surface area contributed by atoms with Crippen LogP contribution < -0.4 is 10.5 Å². The Morgan fingerprint density at radius 3 is 2.07 bits per heavy atom. The molecule has 0 aliphatic carbocycles. The maximum Gasteiger partial charge on any atom is 0.336 e. The van der Waals surface area contributed by atoms with E-state index < -0.39 is 5.97 Å². The number of ether oxygens (including phenoxy) is 1. The lowest BCUT2D eigenvalue weighted by molar-refractivity contribution is -0.130. The second kappa shape index (κ2) is 9.03. The van der Waals surface area contributed by atoms with E-state index in [9.17, 15) is 9.90 Å². The molecule has 148 valence electrons. The highest BCUT2D eigenvalue weighted by molar-refractivity contribution is 6.38. The van der Waals surface area contributed by atoms with Gasteiger partial charge in [0.25, 0.3) is 0 Å². The first-order chi connectivity index (χ1) is 13.9. The molecule has 0 aromatic heterocycles. The Kier molecular flexibility index (Phi) is 6.47. The van der Waals surface area contributed by atoms with Crippen LogP contribution in [-0.2, 0) is 4.79 Å². The molecule has 0 bridgehead atoms. The van der Waals surface area contributed by atoms with Gasteiger partial charge in [0, 0.05) is 5.69 Å². The van der Waals surface area contributed by atoms with Crippen molar-refractivity contribution in [2.24, 2.45) is 0 Å². The van der Waals surface area contributed by atoms with Crippen molar-refractivity contribution in [3.05, 3.63) is 87.9 Å². The number of nitrogens with two attached hydrogens (primary N) is 1. The predicted molar refractivity (Wildman–Crippen MR) is 119 cm³/mol. The highest BCUT2D eigenvalue weighted by Crippen LogP contribution is 2.40. The fourth-order valence-corrected chi connectivity index (χ4v) is 3.61. The van der Waals surface area contributed by atoms with Crippen molar-refractivity contribution in [3.8, 4) is 11.5 Å². The first kappa shape index (κ1) is 20.8. The van der Waals surface area contributed by atoms with Crippen LogP contribution in [0.25, 0.3) is 11.1 Å². The molecule has 0 heterocycles. The number of rotatable bonds is 6. The van der Waals surface area contributed by atoms with Gasteiger partial charge in [-0.1, -0.05) is 60.5 Å². The van der Waals surface area contributed by atoms with Gasteiger partial charge in [0.15, 0.2) is 5.75 Å². The van der Waals surface area contributed by atoms with E-state index in [4.69, 9.17) is 33.7 Å². The number of aliphatic carboxylic acids is 1. The van der Waals surface area contributed by atoms with E-state index in [0.29, 0.717) is 29.0 Å². The van der Waals surface area contributed by atoms with Crippen LogP contribution in [0.5, 0.6) is 11.5 Å². The Hall–Kier alpha value is -2.95. The van der Waals surface area contributed by atoms with Crippen molar-refractivity contribution < 1.29 is 14.6 Å². The van der Waals surface area contributed by atoms with Gasteiger partial charge in [-0.3, -0.25) is 0 Å². The number of hydrogen-bond donors (Lipinski definition) is 2. The third-order valence-electron chi connectivity index (χ3n) is 4.38. The van der Waals surface area contributed by atoms with E-state index in [0.717, 1.165) is 5.56 Å². The third-order valence-corrected chi connectivity index (χ3v) is 4.94. The van der Waals surface area contributed by atoms with Gasteiger partial charge in [-0.05, 0) is 59.5 Å². The van der Waals surface area contributed by atoms with Crippen molar-refractivity contribution >= 4 is 46.0 Å². The maximum absolute atomic E-state index is 12.1. The summed E-state index contributed by atoms with van der Waals surface area (Å²) in [5.41, 5.74) is 8.38. The van der Waals surface area contributed by atoms with Gasteiger partial charge in [-0.2, -0.15) is 0 Å². The first-order valence-electron chi connectivity index (χ1n) is 8.95. The lowest BCUT2D eigenvalue weighted by Crippen LogP contribution is -2.04. The molecule has 0 aliphatic rings. The molecule has 6 heteroatoms. The van der Waals surface area contributed by atoms with E-state index in [1.54, 1.807) is 36.4 Å². The van der Waals surface area contributed by atoms with Crippen molar-refractivity contribution in [2.75, 3.05) is 5.73 Å². The van der Waals surface area contributed by atoms with E-state index >= 15 is 0 Å². The van der Waals surface area contributed by atoms with Crippen LogP contribution >= 0.6 is 23.2 Å². The third kappa shape index (κ3) is 4.73. The quantitative estimate of drug-likeness (QED) is 0.258. The van der Waals surface area contributed by atoms with Gasteiger partial charge in [-0.25, -0.2) is 4.79 Å². The summed E-state index contributed by atoms with van der Waals surface area (Å²) in [6, 6.07) is 19.3. The highest BCUT2D eigenvalue weighted by Gasteiger charge is 2.20. The molecule has 0 radical (unpaired) electrons. The summed E-state index contributed by atoms with van der Waals surface area (Å²) in [5, 5.41) is 10.3. The molecule has 0 fully saturated rings. The van der Waals surface area contributed by atoms with Gasteiger partial charge in [0.2, 0.25) is 0 Å². The molecule has 0 saturated heterocycles. The van der Waals surface area contributed by atoms with E-state index in [2.05, 4.69) is 0 Å². The minimum absolute atomic E-state index is 0.154. The van der Waals surface area contributed by atoms with Crippen molar-refractivity contribution in [2.45, 2.75) is 13.3 Å². The second-order valence-electron chi connectivity index (χ2n) is 6.32. The Labute approximate surface area is 179 Å². The standard InChI is InChI=1S/C23H19Cl2NO3/c1-2-18(14-6-4-3-5-7-14)21(23(27)28)15-12-19(24)22(20(25)13-15)29-17-10-8-16(26)9-11-17/h3-13H,2,26H2,1H3,(H,27,28). The molecule has 3 rings (SSSR count). The monoisotopic (exact) mass is 427 g/mol. The molecule has 0 spiro atoms. The Balaban J connectivity index is 2.08. The minimum atomic E-state index is -1.05. The average Bonchev–Trinajstić information content (AvgIpc) is 2.70. The number of hydrogen-bond acceptors (Lipinski definition) is 3. The molecule has 0 aliphatic heterocycles. The predicted octanol–water partition coefficient (Wildman–Crippen LogP) is 6.77. The van der Waals surface area contributed by atoms with Crippen molar-refractivity contribution in [3.63, 3.8) is 0 Å². The zero-order valence-corrected chi connectivity index (χ0v) is 17.2. The van der Waals surface area contributed by atoms with E-state index in [-0.39, 0.29) is 21.4 Å². The molecule has 29 heavy (non-hydrogen) atoms. The van der Waals surface area contributed by atoms with Crippen molar-refractivity contribution in [1.29, 1.82) is 0 Å². The summed E-state index contributed by atoms with van der Waals surface area (Å²) in [4.78, 5) is 12.1. The SMILES string of the molecule is CCC(=C(C(=O)O)c1cc(Cl)c(Oc2ccc(N)cc2)c(Cl)c1)c1ccccc1. The van der Waals surface area contributed by atoms with Crippen LogP contribution in [0.4, 0.5) is 5.69 Å². The Morgan fingerprint density at radius 2 is 1.55 bits per heavy atom. The van der Waals surface area contributed by atoms with Gasteiger partial charge >= 0.3 is 5.97 Å². The molecule has 4 nitrogen and oxygen atoms in total. The summed E-state index contributed by atoms with van der Waals surface area (Å²) < 4.78 is 5.78. The van der Waals surface area contributed by atoms with Gasteiger partial charge in [0.05, 0.1) is 15.6 Å². The van der Waals surface area contributed by atoms with E-state index in [1.807, 2.05) is 37.3 Å². The molecule has 0 atom stereocenters. The number of carboxylic acid groups (broad SMARTS) is 1. The van der Waals surface area contributed by atoms with E-state index in [1.165, 1.54) is 0 Å². The number of carbonyl (C=O) groups is 1. The van der Waals surface area contributed by atoms with Crippen LogP contribution in [-0.4, -0.2) is 11.1 Å². The molecule has 0 saturated carbocycles. The van der Waals surface area contributed by atoms with Gasteiger partial charge in [-0.15, -0.1) is 0 Å². The Morgan fingerprint density at radius 1 is 0.966 bits per heavy atom. The molecule has 0 amide bonds. The summed E-state index contributed by atoms with van der Waals surface area (Å²) in [6.07, 6.45) is 0.532. The minimum Gasteiger partial charge on any atom is -0.478 e. The van der Waals surface area contributed by atoms with Crippen molar-refractivity contribution in [1.82, 2.24) is 0 Å². The Bertz CT molecular complexity index is 1040. The first-order valence-corrected chi connectivity index (χ1v) is 9.71. The summed E-state index contributed by atoms with van der Waals surface area (Å²) in [6.45, 7) is 1.91. The number of carboxylic acids is 1. The summed E-state index contributed by atoms with van der Waals surface area (Å²) in [7, 11) is 0. The summed E-state index contributed by atoms with van der Waals surface area (Å²) in [5.74, 6) is -0.280. The fraction of sp³-hybridized carbons (Fsp3) is 0.0870. The summed E-state index contributed by atoms with van der Waals surface area (Å²) >= 11 is 12.8. The second-order valence-corrected chi connectivity index (χ2v) is 7.13. The average molecular weight is 428 g/mol. The van der Waals surface area contributed by atoms with Crippen LogP contribution in [0, 0.1) is 0 Å². The number of halogens is 2. The maximum atomic E-state index is 12.1. The van der Waals surface area contributed by atoms with Gasteiger partial charge in [0.1, 0.15) is 5.75 Å². The molecular weight excluding hydrogens is 409 g/mol. The highest BCUT2D eigenvalue weighted by atomic mass is 35.5. The normalized spacial score (nSPS) is 11.7. The number of benzene rings is 3. The topological polar surface area (TPSA) is 72.5 Å². The zero-order valence-electron chi connectivity index (χ0n) is 15.7. The lowest BCUT2D eigenvalue weighted by Gasteiger charge is -2.15. The van der Waals surface area contributed by atoms with Gasteiger partial charge < -0.3 is 15.6 Å². The number of anilines is 1. The zero-order chi connectivity index (χ0) is 21.0. The largest absolute Gasteiger partial charge is 0.478 e. The molecule has 3 aromatic rings.